The Labute approximate surface area is 306 Å². The molecule has 0 amide bonds. The molecule has 0 radical (unpaired) electrons. The van der Waals surface area contributed by atoms with E-state index in [0.29, 0.717) is 25.8 Å². The molecule has 4 aliphatic rings. The molecular formula is C40H67FN2O8. The van der Waals surface area contributed by atoms with Crippen LogP contribution >= 0.6 is 0 Å². The van der Waals surface area contributed by atoms with Crippen molar-refractivity contribution in [2.75, 3.05) is 53.9 Å². The minimum absolute atomic E-state index is 0.0131. The number of piperidine rings is 2. The van der Waals surface area contributed by atoms with Crippen molar-refractivity contribution >= 4 is 12.6 Å². The molecule has 0 bridgehead atoms. The van der Waals surface area contributed by atoms with Gasteiger partial charge in [0, 0.05) is 78.5 Å². The van der Waals surface area contributed by atoms with Crippen molar-refractivity contribution in [3.05, 3.63) is 35.1 Å². The highest BCUT2D eigenvalue weighted by molar-refractivity contribution is 5.79. The zero-order valence-corrected chi connectivity index (χ0v) is 33.5. The predicted molar refractivity (Wildman–Crippen MR) is 197 cm³/mol. The summed E-state index contributed by atoms with van der Waals surface area (Å²) in [5.41, 5.74) is 0.316. The molecule has 1 aromatic carbocycles. The molecular weight excluding hydrogens is 655 g/mol. The van der Waals surface area contributed by atoms with E-state index < -0.39 is 17.4 Å². The molecule has 0 atom stereocenters. The normalized spacial score (nSPS) is 25.7. The van der Waals surface area contributed by atoms with E-state index in [1.54, 1.807) is 14.2 Å². The standard InChI is InChI=1S/2C16H31NO3.C8H5FO2/c2*1-7-15(10-18-6)11-19-16(20-12-15)8-13(2,3)17-14(4,5)9-16;9-8-3-6(4-10)1-2-7(8)5-11/h2*17H,7-12H2,1-6H3;1-5H. The molecule has 1 aromatic rings. The molecule has 0 saturated carbocycles. The molecule has 2 N–H and O–H groups in total. The van der Waals surface area contributed by atoms with Crippen LogP contribution in [-0.4, -0.2) is 100 Å². The summed E-state index contributed by atoms with van der Waals surface area (Å²) in [5, 5.41) is 7.36. The number of hydrogen-bond acceptors (Lipinski definition) is 10. The molecule has 4 saturated heterocycles. The van der Waals surface area contributed by atoms with Gasteiger partial charge < -0.3 is 39.1 Å². The largest absolute Gasteiger partial charge is 0.384 e. The summed E-state index contributed by atoms with van der Waals surface area (Å²) >= 11 is 0. The SMILES string of the molecule is CCC1(COC)COC2(CC(C)(C)NC(C)(C)C2)OC1.CCC1(COC)COC2(CC(C)(C)NC(C)(C)C2)OC1.O=Cc1ccc(C=O)c(F)c1. The van der Waals surface area contributed by atoms with Crippen LogP contribution in [0.5, 0.6) is 0 Å². The molecule has 11 heteroatoms. The van der Waals surface area contributed by atoms with E-state index >= 15 is 0 Å². The first-order valence-electron chi connectivity index (χ1n) is 18.4. The maximum Gasteiger partial charge on any atom is 0.171 e. The monoisotopic (exact) mass is 722 g/mol. The highest BCUT2D eigenvalue weighted by Gasteiger charge is 2.54. The molecule has 0 aromatic heterocycles. The van der Waals surface area contributed by atoms with Crippen LogP contribution in [0.25, 0.3) is 0 Å². The van der Waals surface area contributed by atoms with Gasteiger partial charge in [-0.3, -0.25) is 9.59 Å². The average molecular weight is 723 g/mol. The summed E-state index contributed by atoms with van der Waals surface area (Å²) in [6.45, 7) is 26.4. The summed E-state index contributed by atoms with van der Waals surface area (Å²) in [4.78, 5) is 20.2. The van der Waals surface area contributed by atoms with Gasteiger partial charge in [-0.1, -0.05) is 19.9 Å². The second kappa shape index (κ2) is 16.7. The third-order valence-electron chi connectivity index (χ3n) is 10.5. The number of carbonyl (C=O) groups excluding carboxylic acids is 2. The van der Waals surface area contributed by atoms with Crippen molar-refractivity contribution in [1.82, 2.24) is 10.6 Å². The first-order chi connectivity index (χ1) is 23.6. The van der Waals surface area contributed by atoms with Crippen molar-refractivity contribution < 1.29 is 42.4 Å². The quantitative estimate of drug-likeness (QED) is 0.276. The van der Waals surface area contributed by atoms with Gasteiger partial charge in [-0.25, -0.2) is 4.39 Å². The Bertz CT molecular complexity index is 1190. The molecule has 0 unspecified atom stereocenters. The Morgan fingerprint density at radius 2 is 1.00 bits per heavy atom. The number of rotatable bonds is 8. The van der Waals surface area contributed by atoms with Crippen molar-refractivity contribution in [2.24, 2.45) is 10.8 Å². The third-order valence-corrected chi connectivity index (χ3v) is 10.5. The van der Waals surface area contributed by atoms with Gasteiger partial charge >= 0.3 is 0 Å². The molecule has 0 aliphatic carbocycles. The van der Waals surface area contributed by atoms with Crippen molar-refractivity contribution in [1.29, 1.82) is 0 Å². The van der Waals surface area contributed by atoms with Crippen LogP contribution in [-0.2, 0) is 28.4 Å². The molecule has 4 aliphatic heterocycles. The van der Waals surface area contributed by atoms with Gasteiger partial charge in [-0.2, -0.15) is 0 Å². The fraction of sp³-hybridized carbons (Fsp3) is 0.800. The number of hydrogen-bond donors (Lipinski definition) is 2. The summed E-state index contributed by atoms with van der Waals surface area (Å²) in [6.07, 6.45) is 6.50. The Morgan fingerprint density at radius 1 is 0.647 bits per heavy atom. The zero-order chi connectivity index (χ0) is 38.4. The minimum atomic E-state index is -0.662. The van der Waals surface area contributed by atoms with E-state index in [2.05, 4.69) is 79.9 Å². The average Bonchev–Trinajstić information content (AvgIpc) is 3.01. The van der Waals surface area contributed by atoms with E-state index in [1.807, 2.05) is 0 Å². The maximum absolute atomic E-state index is 12.6. The lowest BCUT2D eigenvalue weighted by Crippen LogP contribution is -2.67. The lowest BCUT2D eigenvalue weighted by atomic mass is 9.77. The van der Waals surface area contributed by atoms with E-state index in [0.717, 1.165) is 71.0 Å². The highest BCUT2D eigenvalue weighted by atomic mass is 19.1. The van der Waals surface area contributed by atoms with Crippen molar-refractivity contribution in [2.45, 2.75) is 141 Å². The Kier molecular flexibility index (Phi) is 14.2. The fourth-order valence-corrected chi connectivity index (χ4v) is 8.64. The van der Waals surface area contributed by atoms with E-state index in [-0.39, 0.29) is 44.1 Å². The van der Waals surface area contributed by atoms with Gasteiger partial charge in [0.05, 0.1) is 45.2 Å². The Morgan fingerprint density at radius 3 is 1.25 bits per heavy atom. The van der Waals surface area contributed by atoms with Crippen LogP contribution in [0.2, 0.25) is 0 Å². The summed E-state index contributed by atoms with van der Waals surface area (Å²) < 4.78 is 48.5. The van der Waals surface area contributed by atoms with Gasteiger partial charge in [-0.05, 0) is 80.4 Å². The number of carbonyl (C=O) groups is 2. The first-order valence-corrected chi connectivity index (χ1v) is 18.4. The number of benzene rings is 1. The van der Waals surface area contributed by atoms with Gasteiger partial charge in [0.2, 0.25) is 0 Å². The molecule has 10 nitrogen and oxygen atoms in total. The van der Waals surface area contributed by atoms with Gasteiger partial charge in [0.25, 0.3) is 0 Å². The fourth-order valence-electron chi connectivity index (χ4n) is 8.64. The minimum Gasteiger partial charge on any atom is -0.384 e. The second-order valence-corrected chi connectivity index (χ2v) is 18.1. The van der Waals surface area contributed by atoms with Crippen LogP contribution in [0, 0.1) is 16.6 Å². The second-order valence-electron chi connectivity index (χ2n) is 18.1. The molecule has 51 heavy (non-hydrogen) atoms. The van der Waals surface area contributed by atoms with Crippen LogP contribution in [0.1, 0.15) is 128 Å². The lowest BCUT2D eigenvalue weighted by Gasteiger charge is -2.55. The van der Waals surface area contributed by atoms with Crippen molar-refractivity contribution in [3.8, 4) is 0 Å². The topological polar surface area (TPSA) is 114 Å². The summed E-state index contributed by atoms with van der Waals surface area (Å²) in [5.74, 6) is -1.54. The van der Waals surface area contributed by atoms with Gasteiger partial charge in [0.1, 0.15) is 12.1 Å². The van der Waals surface area contributed by atoms with Crippen LogP contribution in [0.3, 0.4) is 0 Å². The van der Waals surface area contributed by atoms with Crippen LogP contribution < -0.4 is 10.6 Å². The van der Waals surface area contributed by atoms with Gasteiger partial charge in [-0.15, -0.1) is 0 Å². The molecule has 2 spiro atoms. The number of ether oxygens (including phenoxy) is 6. The third kappa shape index (κ3) is 11.8. The smallest absolute Gasteiger partial charge is 0.171 e. The number of nitrogens with one attached hydrogen (secondary N) is 2. The van der Waals surface area contributed by atoms with Crippen molar-refractivity contribution in [3.63, 3.8) is 0 Å². The van der Waals surface area contributed by atoms with Crippen LogP contribution in [0.15, 0.2) is 18.2 Å². The lowest BCUT2D eigenvalue weighted by molar-refractivity contribution is -0.333. The summed E-state index contributed by atoms with van der Waals surface area (Å²) in [6, 6.07) is 3.68. The predicted octanol–water partition coefficient (Wildman–Crippen LogP) is 6.88. The van der Waals surface area contributed by atoms with Crippen LogP contribution in [0.4, 0.5) is 4.39 Å². The number of aldehydes is 2. The maximum atomic E-state index is 12.6. The molecule has 4 fully saturated rings. The zero-order valence-electron chi connectivity index (χ0n) is 33.5. The first kappa shape index (κ1) is 43.6. The summed E-state index contributed by atoms with van der Waals surface area (Å²) in [7, 11) is 3.50. The van der Waals surface area contributed by atoms with E-state index in [1.165, 1.54) is 12.1 Å². The Balaban J connectivity index is 0.000000216. The Hall–Kier alpha value is -1.83. The molecule has 292 valence electrons. The number of methoxy groups -OCH3 is 2. The molecule has 4 heterocycles. The molecule has 5 rings (SSSR count). The van der Waals surface area contributed by atoms with E-state index in [9.17, 15) is 14.0 Å². The van der Waals surface area contributed by atoms with E-state index in [4.69, 9.17) is 28.4 Å². The number of halogens is 1. The highest BCUT2D eigenvalue weighted by Crippen LogP contribution is 2.46. The van der Waals surface area contributed by atoms with Gasteiger partial charge in [0.15, 0.2) is 17.9 Å².